The van der Waals surface area contributed by atoms with E-state index < -0.39 is 0 Å². The van der Waals surface area contributed by atoms with Crippen molar-refractivity contribution in [3.8, 4) is 0 Å². The molecule has 0 spiro atoms. The second-order valence-corrected chi connectivity index (χ2v) is 5.79. The van der Waals surface area contributed by atoms with E-state index in [4.69, 9.17) is 0 Å². The Morgan fingerprint density at radius 1 is 1.28 bits per heavy atom. The van der Waals surface area contributed by atoms with E-state index in [9.17, 15) is 0 Å². The minimum atomic E-state index is 0.595. The van der Waals surface area contributed by atoms with Crippen molar-refractivity contribution in [3.63, 3.8) is 0 Å². The molecule has 1 rings (SSSR count). The third kappa shape index (κ3) is 4.42. The molecule has 0 aromatic carbocycles. The Hall–Kier alpha value is -0.870. The van der Waals surface area contributed by atoms with Crippen LogP contribution in [0.1, 0.15) is 37.2 Å². The Morgan fingerprint density at radius 2 is 1.94 bits per heavy atom. The Labute approximate surface area is 111 Å². The maximum atomic E-state index is 4.22. The van der Waals surface area contributed by atoms with Crippen molar-refractivity contribution in [2.24, 2.45) is 5.92 Å². The molecule has 0 unspecified atom stereocenters. The van der Waals surface area contributed by atoms with Crippen LogP contribution in [-0.2, 0) is 6.54 Å². The molecule has 1 aromatic rings. The minimum absolute atomic E-state index is 0.595. The van der Waals surface area contributed by atoms with Gasteiger partial charge in [0.15, 0.2) is 0 Å². The summed E-state index contributed by atoms with van der Waals surface area (Å²) < 4.78 is 0. The van der Waals surface area contributed by atoms with Crippen molar-refractivity contribution in [3.05, 3.63) is 17.0 Å². The quantitative estimate of drug-likeness (QED) is 0.781. The van der Waals surface area contributed by atoms with Gasteiger partial charge >= 0.3 is 0 Å². The number of likely N-dealkylation sites (N-methyl/N-ethyl adjacent to an activating group) is 1. The van der Waals surface area contributed by atoms with Crippen molar-refractivity contribution in [1.82, 2.24) is 20.4 Å². The minimum Gasteiger partial charge on any atom is -0.311 e. The molecule has 4 heteroatoms. The van der Waals surface area contributed by atoms with E-state index in [0.29, 0.717) is 6.04 Å². The van der Waals surface area contributed by atoms with Crippen LogP contribution < -0.4 is 5.32 Å². The number of hydrogen-bond donors (Lipinski definition) is 2. The van der Waals surface area contributed by atoms with Gasteiger partial charge in [0.2, 0.25) is 0 Å². The average molecular weight is 252 g/mol. The first-order chi connectivity index (χ1) is 8.41. The van der Waals surface area contributed by atoms with Crippen LogP contribution in [0.5, 0.6) is 0 Å². The fourth-order valence-corrected chi connectivity index (χ4v) is 2.22. The fraction of sp³-hybridized carbons (Fsp3) is 0.786. The lowest BCUT2D eigenvalue weighted by Crippen LogP contribution is -2.38. The standard InChI is InChI=1S/C14H28N4/c1-10(2)7-13(18(5)6)8-15-9-14-11(3)16-17-12(14)4/h10,13,15H,7-9H2,1-6H3,(H,16,17)/t13-/m0/s1. The molecule has 1 atom stereocenters. The fourth-order valence-electron chi connectivity index (χ4n) is 2.22. The molecule has 0 bridgehead atoms. The molecular formula is C14H28N4. The van der Waals surface area contributed by atoms with E-state index in [2.05, 4.69) is 62.2 Å². The van der Waals surface area contributed by atoms with Gasteiger partial charge in [-0.05, 0) is 40.3 Å². The van der Waals surface area contributed by atoms with Gasteiger partial charge in [-0.15, -0.1) is 0 Å². The van der Waals surface area contributed by atoms with Gasteiger partial charge in [-0.3, -0.25) is 5.10 Å². The van der Waals surface area contributed by atoms with Crippen LogP contribution in [0.3, 0.4) is 0 Å². The van der Waals surface area contributed by atoms with Crippen molar-refractivity contribution in [2.75, 3.05) is 20.6 Å². The normalized spacial score (nSPS) is 13.6. The monoisotopic (exact) mass is 252 g/mol. The maximum Gasteiger partial charge on any atom is 0.0638 e. The number of aromatic amines is 1. The van der Waals surface area contributed by atoms with E-state index in [1.54, 1.807) is 0 Å². The Kier molecular flexibility index (Phi) is 5.82. The molecule has 18 heavy (non-hydrogen) atoms. The summed E-state index contributed by atoms with van der Waals surface area (Å²) in [5, 5.41) is 10.8. The molecule has 1 aromatic heterocycles. The largest absolute Gasteiger partial charge is 0.311 e. The lowest BCUT2D eigenvalue weighted by atomic mass is 10.0. The van der Waals surface area contributed by atoms with Crippen molar-refractivity contribution in [2.45, 2.75) is 46.7 Å². The highest BCUT2D eigenvalue weighted by Crippen LogP contribution is 2.10. The van der Waals surface area contributed by atoms with Gasteiger partial charge in [0, 0.05) is 30.4 Å². The zero-order valence-corrected chi connectivity index (χ0v) is 12.7. The summed E-state index contributed by atoms with van der Waals surface area (Å²) in [5.41, 5.74) is 3.58. The van der Waals surface area contributed by atoms with Gasteiger partial charge in [-0.1, -0.05) is 13.8 Å². The average Bonchev–Trinajstić information content (AvgIpc) is 2.58. The van der Waals surface area contributed by atoms with E-state index in [-0.39, 0.29) is 0 Å². The maximum absolute atomic E-state index is 4.22. The first kappa shape index (κ1) is 15.2. The van der Waals surface area contributed by atoms with Crippen molar-refractivity contribution < 1.29 is 0 Å². The van der Waals surface area contributed by atoms with Crippen LogP contribution in [0.25, 0.3) is 0 Å². The number of H-pyrrole nitrogens is 1. The molecule has 0 fully saturated rings. The van der Waals surface area contributed by atoms with Crippen LogP contribution in [0, 0.1) is 19.8 Å². The SMILES string of the molecule is Cc1n[nH]c(C)c1CNC[C@H](CC(C)C)N(C)C. The van der Waals surface area contributed by atoms with Crippen LogP contribution >= 0.6 is 0 Å². The molecule has 2 N–H and O–H groups in total. The van der Waals surface area contributed by atoms with Crippen LogP contribution in [0.4, 0.5) is 0 Å². The van der Waals surface area contributed by atoms with Gasteiger partial charge in [0.25, 0.3) is 0 Å². The molecule has 0 aliphatic heterocycles. The van der Waals surface area contributed by atoms with E-state index in [1.165, 1.54) is 17.7 Å². The Morgan fingerprint density at radius 3 is 2.39 bits per heavy atom. The molecule has 0 radical (unpaired) electrons. The molecule has 0 saturated carbocycles. The number of rotatable bonds is 7. The van der Waals surface area contributed by atoms with Gasteiger partial charge in [0.05, 0.1) is 5.69 Å². The molecular weight excluding hydrogens is 224 g/mol. The van der Waals surface area contributed by atoms with E-state index in [1.807, 2.05) is 0 Å². The number of hydrogen-bond acceptors (Lipinski definition) is 3. The second-order valence-electron chi connectivity index (χ2n) is 5.79. The van der Waals surface area contributed by atoms with Gasteiger partial charge in [-0.25, -0.2) is 0 Å². The Bertz CT molecular complexity index is 335. The zero-order valence-electron chi connectivity index (χ0n) is 12.7. The highest BCUT2D eigenvalue weighted by atomic mass is 15.1. The highest BCUT2D eigenvalue weighted by Gasteiger charge is 2.13. The van der Waals surface area contributed by atoms with E-state index >= 15 is 0 Å². The Balaban J connectivity index is 2.44. The molecule has 0 saturated heterocycles. The first-order valence-corrected chi connectivity index (χ1v) is 6.79. The number of aromatic nitrogens is 2. The summed E-state index contributed by atoms with van der Waals surface area (Å²) in [7, 11) is 4.31. The third-order valence-electron chi connectivity index (χ3n) is 3.44. The lowest BCUT2D eigenvalue weighted by Gasteiger charge is -2.26. The summed E-state index contributed by atoms with van der Waals surface area (Å²) in [4.78, 5) is 2.31. The van der Waals surface area contributed by atoms with Gasteiger partial charge in [-0.2, -0.15) is 5.10 Å². The summed E-state index contributed by atoms with van der Waals surface area (Å²) in [5.74, 6) is 0.733. The molecule has 0 aliphatic carbocycles. The summed E-state index contributed by atoms with van der Waals surface area (Å²) in [6, 6.07) is 0.595. The highest BCUT2D eigenvalue weighted by molar-refractivity contribution is 5.22. The number of nitrogens with one attached hydrogen (secondary N) is 2. The number of nitrogens with zero attached hydrogens (tertiary/aromatic N) is 2. The molecule has 1 heterocycles. The van der Waals surface area contributed by atoms with Crippen molar-refractivity contribution >= 4 is 0 Å². The predicted octanol–water partition coefficient (Wildman–Crippen LogP) is 2.09. The molecule has 0 amide bonds. The molecule has 0 aliphatic rings. The molecule has 104 valence electrons. The summed E-state index contributed by atoms with van der Waals surface area (Å²) in [6.45, 7) is 10.6. The third-order valence-corrected chi connectivity index (χ3v) is 3.44. The van der Waals surface area contributed by atoms with Crippen LogP contribution in [0.15, 0.2) is 0 Å². The smallest absolute Gasteiger partial charge is 0.0638 e. The first-order valence-electron chi connectivity index (χ1n) is 6.79. The summed E-state index contributed by atoms with van der Waals surface area (Å²) >= 11 is 0. The predicted molar refractivity (Wildman–Crippen MR) is 76.7 cm³/mol. The zero-order chi connectivity index (χ0) is 13.7. The van der Waals surface area contributed by atoms with Crippen LogP contribution in [-0.4, -0.2) is 41.8 Å². The topological polar surface area (TPSA) is 44.0 Å². The lowest BCUT2D eigenvalue weighted by molar-refractivity contribution is 0.246. The summed E-state index contributed by atoms with van der Waals surface area (Å²) in [6.07, 6.45) is 1.23. The van der Waals surface area contributed by atoms with Gasteiger partial charge in [0.1, 0.15) is 0 Å². The second kappa shape index (κ2) is 6.90. The number of aryl methyl sites for hydroxylation is 2. The van der Waals surface area contributed by atoms with Gasteiger partial charge < -0.3 is 10.2 Å². The van der Waals surface area contributed by atoms with Crippen LogP contribution in [0.2, 0.25) is 0 Å². The van der Waals surface area contributed by atoms with E-state index in [0.717, 1.165) is 24.7 Å². The van der Waals surface area contributed by atoms with Crippen molar-refractivity contribution in [1.29, 1.82) is 0 Å². The molecule has 4 nitrogen and oxygen atoms in total.